The van der Waals surface area contributed by atoms with Gasteiger partial charge in [-0.25, -0.2) is 0 Å². The highest BCUT2D eigenvalue weighted by molar-refractivity contribution is 5.71. The van der Waals surface area contributed by atoms with Crippen molar-refractivity contribution in [2.75, 3.05) is 13.2 Å². The van der Waals surface area contributed by atoms with Gasteiger partial charge in [-0.05, 0) is 141 Å². The Kier molecular flexibility index (Phi) is 62.4. The average Bonchev–Trinajstić information content (AvgIpc) is 3.46. The molecular formula is C74H118O6. The molecule has 0 rings (SSSR count). The summed E-state index contributed by atoms with van der Waals surface area (Å²) in [5.41, 5.74) is 0. The number of allylic oxidation sites excluding steroid dienone is 26. The van der Waals surface area contributed by atoms with E-state index in [-0.39, 0.29) is 31.1 Å². The normalized spacial score (nSPS) is 13.2. The number of unbranched alkanes of at least 4 members (excludes halogenated alkanes) is 20. The third-order valence-corrected chi connectivity index (χ3v) is 13.2. The summed E-state index contributed by atoms with van der Waals surface area (Å²) >= 11 is 0. The molecule has 0 fully saturated rings. The lowest BCUT2D eigenvalue weighted by Gasteiger charge is -2.18. The minimum absolute atomic E-state index is 0.0978. The summed E-state index contributed by atoms with van der Waals surface area (Å²) in [5.74, 6) is -0.940. The molecular weight excluding hydrogens is 985 g/mol. The van der Waals surface area contributed by atoms with Crippen LogP contribution in [0.5, 0.6) is 0 Å². The SMILES string of the molecule is CC/C=C\C/C=C\C/C=C\C/C=C\C/C=C\C/C=C\C/C=C\C/C=C\CCCCCCCCCCCCC(=O)OCC(COC(=O)CCCCCCC/C=C\CCC)OC(=O)CCCCCC/C=C\C/C=C\C/C=C\C/C=C\CC. The summed E-state index contributed by atoms with van der Waals surface area (Å²) in [7, 11) is 0. The second-order valence-electron chi connectivity index (χ2n) is 20.9. The molecule has 0 saturated heterocycles. The average molecular weight is 1100 g/mol. The number of rotatable bonds is 57. The fourth-order valence-electron chi connectivity index (χ4n) is 8.45. The maximum absolute atomic E-state index is 12.9. The van der Waals surface area contributed by atoms with Gasteiger partial charge in [-0.15, -0.1) is 0 Å². The van der Waals surface area contributed by atoms with Crippen molar-refractivity contribution in [1.82, 2.24) is 0 Å². The summed E-state index contributed by atoms with van der Waals surface area (Å²) in [6.07, 6.45) is 96.9. The van der Waals surface area contributed by atoms with Crippen LogP contribution in [0.3, 0.4) is 0 Å². The molecule has 0 aliphatic rings. The molecule has 1 atom stereocenters. The van der Waals surface area contributed by atoms with E-state index in [1.165, 1.54) is 57.8 Å². The first kappa shape index (κ1) is 75.0. The highest BCUT2D eigenvalue weighted by atomic mass is 16.6. The minimum atomic E-state index is -0.802. The van der Waals surface area contributed by atoms with Crippen molar-refractivity contribution >= 4 is 17.9 Å². The molecule has 0 aliphatic carbocycles. The van der Waals surface area contributed by atoms with Crippen molar-refractivity contribution < 1.29 is 28.6 Å². The largest absolute Gasteiger partial charge is 0.462 e. The monoisotopic (exact) mass is 1100 g/mol. The van der Waals surface area contributed by atoms with Gasteiger partial charge in [-0.2, -0.15) is 0 Å². The van der Waals surface area contributed by atoms with E-state index in [1.54, 1.807) is 0 Å². The number of carbonyl (C=O) groups excluding carboxylic acids is 3. The predicted molar refractivity (Wildman–Crippen MR) is 348 cm³/mol. The van der Waals surface area contributed by atoms with Gasteiger partial charge < -0.3 is 14.2 Å². The predicted octanol–water partition coefficient (Wildman–Crippen LogP) is 22.5. The van der Waals surface area contributed by atoms with E-state index in [0.29, 0.717) is 19.3 Å². The number of hydrogen-bond donors (Lipinski definition) is 0. The zero-order valence-corrected chi connectivity index (χ0v) is 51.5. The van der Waals surface area contributed by atoms with Gasteiger partial charge in [0.15, 0.2) is 6.10 Å². The highest BCUT2D eigenvalue weighted by Gasteiger charge is 2.19. The first-order valence-corrected chi connectivity index (χ1v) is 32.5. The summed E-state index contributed by atoms with van der Waals surface area (Å²) in [6.45, 7) is 6.31. The third kappa shape index (κ3) is 63.9. The first-order valence-electron chi connectivity index (χ1n) is 32.5. The maximum Gasteiger partial charge on any atom is 0.306 e. The zero-order valence-electron chi connectivity index (χ0n) is 51.5. The van der Waals surface area contributed by atoms with E-state index < -0.39 is 6.10 Å². The van der Waals surface area contributed by atoms with E-state index in [0.717, 1.165) is 173 Å². The molecule has 0 aromatic heterocycles. The summed E-state index contributed by atoms with van der Waals surface area (Å²) in [5, 5.41) is 0. The van der Waals surface area contributed by atoms with Gasteiger partial charge in [-0.3, -0.25) is 14.4 Å². The van der Waals surface area contributed by atoms with Crippen molar-refractivity contribution in [2.24, 2.45) is 0 Å². The van der Waals surface area contributed by atoms with Gasteiger partial charge in [0.2, 0.25) is 0 Å². The molecule has 1 unspecified atom stereocenters. The number of ether oxygens (including phenoxy) is 3. The van der Waals surface area contributed by atoms with Crippen LogP contribution in [0.4, 0.5) is 0 Å². The minimum Gasteiger partial charge on any atom is -0.462 e. The molecule has 0 N–H and O–H groups in total. The molecule has 0 aromatic rings. The first-order chi connectivity index (χ1) is 39.5. The Bertz CT molecular complexity index is 1790. The Morgan fingerprint density at radius 3 is 0.775 bits per heavy atom. The topological polar surface area (TPSA) is 78.9 Å². The summed E-state index contributed by atoms with van der Waals surface area (Å²) < 4.78 is 16.8. The van der Waals surface area contributed by atoms with E-state index in [2.05, 4.69) is 179 Å². The highest BCUT2D eigenvalue weighted by Crippen LogP contribution is 2.15. The Balaban J connectivity index is 4.22. The van der Waals surface area contributed by atoms with E-state index in [4.69, 9.17) is 14.2 Å². The second-order valence-corrected chi connectivity index (χ2v) is 20.9. The van der Waals surface area contributed by atoms with Crippen LogP contribution >= 0.6 is 0 Å². The molecule has 0 bridgehead atoms. The molecule has 0 aromatic carbocycles. The fraction of sp³-hybridized carbons (Fsp3) is 0.608. The summed E-state index contributed by atoms with van der Waals surface area (Å²) in [6, 6.07) is 0. The number of esters is 3. The van der Waals surface area contributed by atoms with Crippen LogP contribution in [-0.4, -0.2) is 37.2 Å². The van der Waals surface area contributed by atoms with Gasteiger partial charge in [0.1, 0.15) is 13.2 Å². The molecule has 0 saturated carbocycles. The van der Waals surface area contributed by atoms with Crippen LogP contribution in [0, 0.1) is 0 Å². The molecule has 0 heterocycles. The Morgan fingerprint density at radius 1 is 0.263 bits per heavy atom. The van der Waals surface area contributed by atoms with Crippen molar-refractivity contribution in [3.63, 3.8) is 0 Å². The molecule has 450 valence electrons. The van der Waals surface area contributed by atoms with Crippen LogP contribution in [0.15, 0.2) is 158 Å². The van der Waals surface area contributed by atoms with Crippen molar-refractivity contribution in [2.45, 2.75) is 277 Å². The van der Waals surface area contributed by atoms with Crippen molar-refractivity contribution in [3.05, 3.63) is 158 Å². The van der Waals surface area contributed by atoms with Gasteiger partial charge in [-0.1, -0.05) is 269 Å². The lowest BCUT2D eigenvalue weighted by atomic mass is 10.1. The van der Waals surface area contributed by atoms with E-state index >= 15 is 0 Å². The molecule has 0 radical (unpaired) electrons. The van der Waals surface area contributed by atoms with Crippen LogP contribution in [0.2, 0.25) is 0 Å². The molecule has 0 amide bonds. The Morgan fingerprint density at radius 2 is 0.487 bits per heavy atom. The lowest BCUT2D eigenvalue weighted by molar-refractivity contribution is -0.167. The number of carbonyl (C=O) groups is 3. The van der Waals surface area contributed by atoms with E-state index in [9.17, 15) is 14.4 Å². The molecule has 6 heteroatoms. The fourth-order valence-corrected chi connectivity index (χ4v) is 8.45. The van der Waals surface area contributed by atoms with E-state index in [1.807, 2.05) is 0 Å². The molecule has 0 spiro atoms. The standard InChI is InChI=1S/C74H118O6/c1-4-7-10-13-16-19-22-24-26-28-29-30-31-32-33-34-35-36-37-38-39-40-41-42-43-44-45-47-48-50-52-55-58-61-64-67-73(76)79-70-71(69-78-72(75)66-63-60-57-54-21-18-15-12-9-6-3)80-74(77)68-65-62-59-56-53-51-49-46-27-25-23-20-17-14-11-8-5-2/h7-8,10-12,15-17,19-20,24-27,29-30,32-33,35-36,38-39,41-42,49,51,71H,4-6,9,13-14,18,21-23,28,31,34,37,40,43-48,50,52-70H2,1-3H3/b10-7-,11-8-,15-12-,19-16-,20-17-,26-24-,27-25-,30-29-,33-32-,36-35-,39-38-,42-41-,51-49-. The maximum atomic E-state index is 12.9. The molecule has 6 nitrogen and oxygen atoms in total. The lowest BCUT2D eigenvalue weighted by Crippen LogP contribution is -2.30. The van der Waals surface area contributed by atoms with Gasteiger partial charge in [0.25, 0.3) is 0 Å². The van der Waals surface area contributed by atoms with Crippen LogP contribution in [-0.2, 0) is 28.6 Å². The zero-order chi connectivity index (χ0) is 57.8. The van der Waals surface area contributed by atoms with Gasteiger partial charge >= 0.3 is 17.9 Å². The van der Waals surface area contributed by atoms with Crippen LogP contribution in [0.25, 0.3) is 0 Å². The van der Waals surface area contributed by atoms with Gasteiger partial charge in [0.05, 0.1) is 0 Å². The Labute approximate surface area is 492 Å². The third-order valence-electron chi connectivity index (χ3n) is 13.2. The Hall–Kier alpha value is -4.97. The molecule has 80 heavy (non-hydrogen) atoms. The van der Waals surface area contributed by atoms with Gasteiger partial charge in [0, 0.05) is 19.3 Å². The van der Waals surface area contributed by atoms with Crippen molar-refractivity contribution in [1.29, 1.82) is 0 Å². The van der Waals surface area contributed by atoms with Crippen molar-refractivity contribution in [3.8, 4) is 0 Å². The van der Waals surface area contributed by atoms with Crippen LogP contribution in [0.1, 0.15) is 271 Å². The summed E-state index contributed by atoms with van der Waals surface area (Å²) in [4.78, 5) is 38.2. The quantitative estimate of drug-likeness (QED) is 0.0261. The second kappa shape index (κ2) is 66.5. The smallest absolute Gasteiger partial charge is 0.306 e. The molecule has 0 aliphatic heterocycles. The number of hydrogen-bond acceptors (Lipinski definition) is 6. The van der Waals surface area contributed by atoms with Crippen LogP contribution < -0.4 is 0 Å².